The molecule has 3 heteroatoms. The highest BCUT2D eigenvalue weighted by molar-refractivity contribution is 6.31. The molecule has 0 saturated carbocycles. The molecular formula is C10H14ClNO. The van der Waals surface area contributed by atoms with Crippen LogP contribution in [0.5, 0.6) is 5.75 Å². The lowest BCUT2D eigenvalue weighted by atomic mass is 10.0. The van der Waals surface area contributed by atoms with E-state index in [1.807, 2.05) is 6.92 Å². The second kappa shape index (κ2) is 4.49. The van der Waals surface area contributed by atoms with Gasteiger partial charge in [0, 0.05) is 16.6 Å². The highest BCUT2D eigenvalue weighted by Crippen LogP contribution is 2.26. The monoisotopic (exact) mass is 199 g/mol. The van der Waals surface area contributed by atoms with Crippen LogP contribution in [0.1, 0.15) is 18.9 Å². The third-order valence-electron chi connectivity index (χ3n) is 2.08. The lowest BCUT2D eigenvalue weighted by Gasteiger charge is -2.11. The van der Waals surface area contributed by atoms with Crippen molar-refractivity contribution in [2.45, 2.75) is 25.8 Å². The summed E-state index contributed by atoms with van der Waals surface area (Å²) < 4.78 is 0. The molecule has 0 amide bonds. The number of nitrogens with two attached hydrogens (primary N) is 1. The average molecular weight is 200 g/mol. The van der Waals surface area contributed by atoms with Gasteiger partial charge in [-0.2, -0.15) is 0 Å². The normalized spacial score (nSPS) is 12.8. The third-order valence-corrected chi connectivity index (χ3v) is 2.44. The van der Waals surface area contributed by atoms with Crippen molar-refractivity contribution in [2.75, 3.05) is 0 Å². The molecule has 1 unspecified atom stereocenters. The first-order valence-electron chi connectivity index (χ1n) is 4.37. The first kappa shape index (κ1) is 10.4. The van der Waals surface area contributed by atoms with E-state index in [1.54, 1.807) is 18.2 Å². The molecular weight excluding hydrogens is 186 g/mol. The number of benzene rings is 1. The largest absolute Gasteiger partial charge is 0.508 e. The van der Waals surface area contributed by atoms with Gasteiger partial charge in [0.25, 0.3) is 0 Å². The van der Waals surface area contributed by atoms with Gasteiger partial charge in [0.2, 0.25) is 0 Å². The second-order valence-electron chi connectivity index (χ2n) is 3.11. The number of aromatic hydroxyl groups is 1. The van der Waals surface area contributed by atoms with E-state index in [1.165, 1.54) is 0 Å². The van der Waals surface area contributed by atoms with Crippen LogP contribution < -0.4 is 5.73 Å². The molecule has 3 N–H and O–H groups in total. The number of rotatable bonds is 3. The Hall–Kier alpha value is -0.730. The van der Waals surface area contributed by atoms with Gasteiger partial charge in [0.15, 0.2) is 0 Å². The molecule has 0 aliphatic rings. The van der Waals surface area contributed by atoms with Crippen molar-refractivity contribution in [3.8, 4) is 5.75 Å². The van der Waals surface area contributed by atoms with Gasteiger partial charge in [-0.15, -0.1) is 0 Å². The molecule has 0 aliphatic heterocycles. The zero-order chi connectivity index (χ0) is 9.84. The van der Waals surface area contributed by atoms with Crippen molar-refractivity contribution in [2.24, 2.45) is 5.73 Å². The van der Waals surface area contributed by atoms with Crippen molar-refractivity contribution < 1.29 is 5.11 Å². The van der Waals surface area contributed by atoms with E-state index >= 15 is 0 Å². The lowest BCUT2D eigenvalue weighted by molar-refractivity contribution is 0.464. The van der Waals surface area contributed by atoms with Crippen LogP contribution in [0.15, 0.2) is 18.2 Å². The maximum Gasteiger partial charge on any atom is 0.120 e. The molecule has 1 aromatic carbocycles. The van der Waals surface area contributed by atoms with Crippen LogP contribution in [0.25, 0.3) is 0 Å². The molecule has 0 bridgehead atoms. The highest BCUT2D eigenvalue weighted by atomic mass is 35.5. The Labute approximate surface area is 83.3 Å². The van der Waals surface area contributed by atoms with E-state index in [2.05, 4.69) is 0 Å². The predicted octanol–water partition coefficient (Wildman–Crippen LogP) is 2.33. The van der Waals surface area contributed by atoms with E-state index in [4.69, 9.17) is 17.3 Å². The Morgan fingerprint density at radius 1 is 1.54 bits per heavy atom. The number of hydrogen-bond donors (Lipinski definition) is 2. The predicted molar refractivity (Wildman–Crippen MR) is 55.1 cm³/mol. The van der Waals surface area contributed by atoms with Crippen molar-refractivity contribution in [3.05, 3.63) is 28.8 Å². The van der Waals surface area contributed by atoms with E-state index in [0.717, 1.165) is 12.0 Å². The third kappa shape index (κ3) is 2.61. The maximum absolute atomic E-state index is 9.50. The van der Waals surface area contributed by atoms with Crippen LogP contribution in [-0.2, 0) is 6.42 Å². The number of phenols is 1. The highest BCUT2D eigenvalue weighted by Gasteiger charge is 2.09. The standard InChI is InChI=1S/C10H14ClNO/c1-2-7(12)6-8-9(11)4-3-5-10(8)13/h3-5,7,13H,2,6,12H2,1H3. The minimum absolute atomic E-state index is 0.0609. The van der Waals surface area contributed by atoms with E-state index < -0.39 is 0 Å². The molecule has 72 valence electrons. The van der Waals surface area contributed by atoms with Gasteiger partial charge in [-0.1, -0.05) is 24.6 Å². The van der Waals surface area contributed by atoms with Gasteiger partial charge in [-0.05, 0) is 25.0 Å². The number of phenolic OH excluding ortho intramolecular Hbond substituents is 1. The summed E-state index contributed by atoms with van der Waals surface area (Å²) in [7, 11) is 0. The Morgan fingerprint density at radius 2 is 2.23 bits per heavy atom. The second-order valence-corrected chi connectivity index (χ2v) is 3.52. The molecule has 0 aromatic heterocycles. The summed E-state index contributed by atoms with van der Waals surface area (Å²) in [6.45, 7) is 2.01. The molecule has 0 spiro atoms. The van der Waals surface area contributed by atoms with Gasteiger partial charge in [-0.3, -0.25) is 0 Å². The summed E-state index contributed by atoms with van der Waals surface area (Å²) in [6.07, 6.45) is 1.51. The van der Waals surface area contributed by atoms with Gasteiger partial charge in [0.05, 0.1) is 0 Å². The van der Waals surface area contributed by atoms with Crippen molar-refractivity contribution in [1.82, 2.24) is 0 Å². The summed E-state index contributed by atoms with van der Waals surface area (Å²) in [5.41, 5.74) is 6.52. The van der Waals surface area contributed by atoms with Crippen LogP contribution in [0.4, 0.5) is 0 Å². The average Bonchev–Trinajstić information content (AvgIpc) is 2.11. The Morgan fingerprint density at radius 3 is 2.77 bits per heavy atom. The fraction of sp³-hybridized carbons (Fsp3) is 0.400. The fourth-order valence-electron chi connectivity index (χ4n) is 1.16. The van der Waals surface area contributed by atoms with E-state index in [0.29, 0.717) is 11.4 Å². The van der Waals surface area contributed by atoms with Crippen molar-refractivity contribution in [1.29, 1.82) is 0 Å². The zero-order valence-corrected chi connectivity index (χ0v) is 8.38. The maximum atomic E-state index is 9.50. The Balaban J connectivity index is 2.87. The molecule has 1 atom stereocenters. The molecule has 0 fully saturated rings. The summed E-state index contributed by atoms with van der Waals surface area (Å²) >= 11 is 5.92. The van der Waals surface area contributed by atoms with Gasteiger partial charge < -0.3 is 10.8 Å². The zero-order valence-electron chi connectivity index (χ0n) is 7.63. The van der Waals surface area contributed by atoms with E-state index in [-0.39, 0.29) is 11.8 Å². The molecule has 1 rings (SSSR count). The molecule has 0 aliphatic carbocycles. The molecule has 1 aromatic rings. The van der Waals surface area contributed by atoms with Gasteiger partial charge in [-0.25, -0.2) is 0 Å². The quantitative estimate of drug-likeness (QED) is 0.785. The minimum atomic E-state index is 0.0609. The SMILES string of the molecule is CCC(N)Cc1c(O)cccc1Cl. The fourth-order valence-corrected chi connectivity index (χ4v) is 1.40. The molecule has 0 saturated heterocycles. The summed E-state index contributed by atoms with van der Waals surface area (Å²) in [5, 5.41) is 10.1. The van der Waals surface area contributed by atoms with Gasteiger partial charge in [0.1, 0.15) is 5.75 Å². The minimum Gasteiger partial charge on any atom is -0.508 e. The van der Waals surface area contributed by atoms with Crippen LogP contribution in [0, 0.1) is 0 Å². The van der Waals surface area contributed by atoms with Crippen molar-refractivity contribution >= 4 is 11.6 Å². The Bertz CT molecular complexity index is 268. The molecule has 2 nitrogen and oxygen atoms in total. The smallest absolute Gasteiger partial charge is 0.120 e. The van der Waals surface area contributed by atoms with Crippen LogP contribution in [0.3, 0.4) is 0 Å². The topological polar surface area (TPSA) is 46.2 Å². The van der Waals surface area contributed by atoms with Gasteiger partial charge >= 0.3 is 0 Å². The molecule has 0 radical (unpaired) electrons. The van der Waals surface area contributed by atoms with Crippen molar-refractivity contribution in [3.63, 3.8) is 0 Å². The Kier molecular flexibility index (Phi) is 3.58. The van der Waals surface area contributed by atoms with Crippen LogP contribution in [-0.4, -0.2) is 11.1 Å². The van der Waals surface area contributed by atoms with Crippen LogP contribution >= 0.6 is 11.6 Å². The molecule has 0 heterocycles. The summed E-state index contributed by atoms with van der Waals surface area (Å²) in [5.74, 6) is 0.233. The number of halogens is 1. The van der Waals surface area contributed by atoms with E-state index in [9.17, 15) is 5.11 Å². The summed E-state index contributed by atoms with van der Waals surface area (Å²) in [4.78, 5) is 0. The lowest BCUT2D eigenvalue weighted by Crippen LogP contribution is -2.21. The molecule has 13 heavy (non-hydrogen) atoms. The number of hydrogen-bond acceptors (Lipinski definition) is 2. The summed E-state index contributed by atoms with van der Waals surface area (Å²) in [6, 6.07) is 5.17. The van der Waals surface area contributed by atoms with Crippen LogP contribution in [0.2, 0.25) is 5.02 Å². The first-order chi connectivity index (χ1) is 6.15. The first-order valence-corrected chi connectivity index (χ1v) is 4.75.